The summed E-state index contributed by atoms with van der Waals surface area (Å²) in [4.78, 5) is 24.4. The number of aliphatic hydroxyl groups is 1. The fourth-order valence-corrected chi connectivity index (χ4v) is 2.68. The Bertz CT molecular complexity index is 864. The minimum Gasteiger partial charge on any atom is -0.406 e. The molecule has 8 nitrogen and oxygen atoms in total. The van der Waals surface area contributed by atoms with Gasteiger partial charge in [-0.15, -0.1) is 13.2 Å². The molecule has 0 radical (unpaired) electrons. The summed E-state index contributed by atoms with van der Waals surface area (Å²) in [5.41, 5.74) is 7.81. The lowest BCUT2D eigenvalue weighted by atomic mass is 10.0. The SMILES string of the molecule is NC(Cc1ccccc1)C(O)C(=O)N[C@H](C(=O)NO)c1cccc(OC(F)(F)F)c1. The van der Waals surface area contributed by atoms with Crippen LogP contribution in [0.4, 0.5) is 13.2 Å². The third kappa shape index (κ3) is 6.72. The van der Waals surface area contributed by atoms with E-state index in [1.807, 2.05) is 0 Å². The number of rotatable bonds is 8. The number of amides is 2. The molecule has 0 heterocycles. The number of carbonyl (C=O) groups excluding carboxylic acids is 2. The van der Waals surface area contributed by atoms with Gasteiger partial charge in [0.2, 0.25) is 0 Å². The van der Waals surface area contributed by atoms with Crippen LogP contribution in [0.1, 0.15) is 17.2 Å². The molecule has 2 unspecified atom stereocenters. The smallest absolute Gasteiger partial charge is 0.406 e. The fraction of sp³-hybridized carbons (Fsp3) is 0.263. The molecule has 0 fully saturated rings. The molecule has 0 bridgehead atoms. The zero-order valence-corrected chi connectivity index (χ0v) is 15.5. The summed E-state index contributed by atoms with van der Waals surface area (Å²) < 4.78 is 41.1. The third-order valence-corrected chi connectivity index (χ3v) is 4.07. The number of ether oxygens (including phenoxy) is 1. The minimum absolute atomic E-state index is 0.125. The lowest BCUT2D eigenvalue weighted by Gasteiger charge is -2.23. The summed E-state index contributed by atoms with van der Waals surface area (Å²) in [6, 6.07) is 10.4. The van der Waals surface area contributed by atoms with Crippen molar-refractivity contribution < 1.29 is 37.8 Å². The number of carbonyl (C=O) groups is 2. The van der Waals surface area contributed by atoms with Crippen LogP contribution in [0.15, 0.2) is 54.6 Å². The second-order valence-electron chi connectivity index (χ2n) is 6.34. The number of alkyl halides is 3. The molecule has 0 aromatic heterocycles. The Balaban J connectivity index is 2.15. The van der Waals surface area contributed by atoms with Crippen molar-refractivity contribution in [2.24, 2.45) is 5.73 Å². The zero-order chi connectivity index (χ0) is 22.3. The maximum Gasteiger partial charge on any atom is 0.573 e. The highest BCUT2D eigenvalue weighted by molar-refractivity contribution is 5.90. The van der Waals surface area contributed by atoms with Crippen LogP contribution in [-0.2, 0) is 16.0 Å². The number of aliphatic hydroxyl groups excluding tert-OH is 1. The van der Waals surface area contributed by atoms with Crippen LogP contribution in [0, 0.1) is 0 Å². The first-order valence-corrected chi connectivity index (χ1v) is 8.68. The number of halogens is 3. The summed E-state index contributed by atoms with van der Waals surface area (Å²) >= 11 is 0. The molecule has 0 spiro atoms. The van der Waals surface area contributed by atoms with E-state index in [1.54, 1.807) is 30.3 Å². The van der Waals surface area contributed by atoms with Crippen molar-refractivity contribution in [3.63, 3.8) is 0 Å². The van der Waals surface area contributed by atoms with Gasteiger partial charge in [0.15, 0.2) is 0 Å². The van der Waals surface area contributed by atoms with Crippen LogP contribution in [0.5, 0.6) is 5.75 Å². The van der Waals surface area contributed by atoms with Gasteiger partial charge in [-0.3, -0.25) is 14.8 Å². The molecular weight excluding hydrogens is 407 g/mol. The van der Waals surface area contributed by atoms with Gasteiger partial charge >= 0.3 is 6.36 Å². The largest absolute Gasteiger partial charge is 0.573 e. The van der Waals surface area contributed by atoms with Gasteiger partial charge in [0.1, 0.15) is 17.9 Å². The molecule has 0 saturated heterocycles. The summed E-state index contributed by atoms with van der Waals surface area (Å²) in [5, 5.41) is 21.3. The molecule has 0 aliphatic carbocycles. The van der Waals surface area contributed by atoms with Crippen molar-refractivity contribution in [2.75, 3.05) is 0 Å². The quantitative estimate of drug-likeness (QED) is 0.317. The lowest BCUT2D eigenvalue weighted by Crippen LogP contribution is -2.50. The predicted molar refractivity (Wildman–Crippen MR) is 98.1 cm³/mol. The van der Waals surface area contributed by atoms with E-state index in [9.17, 15) is 27.9 Å². The normalized spacial score (nSPS) is 14.3. The Morgan fingerprint density at radius 1 is 1.07 bits per heavy atom. The maximum atomic E-state index is 12.4. The second kappa shape index (κ2) is 10.1. The molecule has 162 valence electrons. The lowest BCUT2D eigenvalue weighted by molar-refractivity contribution is -0.274. The van der Waals surface area contributed by atoms with Gasteiger partial charge in [0.25, 0.3) is 11.8 Å². The van der Waals surface area contributed by atoms with Crippen LogP contribution in [0.2, 0.25) is 0 Å². The number of benzene rings is 2. The molecule has 2 rings (SSSR count). The van der Waals surface area contributed by atoms with E-state index < -0.39 is 42.1 Å². The van der Waals surface area contributed by atoms with E-state index >= 15 is 0 Å². The van der Waals surface area contributed by atoms with Crippen molar-refractivity contribution >= 4 is 11.8 Å². The van der Waals surface area contributed by atoms with Gasteiger partial charge in [-0.2, -0.15) is 0 Å². The van der Waals surface area contributed by atoms with Crippen molar-refractivity contribution in [3.8, 4) is 5.75 Å². The number of hydrogen-bond acceptors (Lipinski definition) is 6. The number of hydrogen-bond donors (Lipinski definition) is 5. The molecule has 6 N–H and O–H groups in total. The molecule has 2 aromatic carbocycles. The van der Waals surface area contributed by atoms with Gasteiger partial charge in [0, 0.05) is 6.04 Å². The average Bonchev–Trinajstić information content (AvgIpc) is 2.70. The highest BCUT2D eigenvalue weighted by Gasteiger charge is 2.32. The van der Waals surface area contributed by atoms with E-state index in [0.29, 0.717) is 0 Å². The molecule has 3 atom stereocenters. The van der Waals surface area contributed by atoms with Gasteiger partial charge in [0.05, 0.1) is 0 Å². The molecule has 30 heavy (non-hydrogen) atoms. The van der Waals surface area contributed by atoms with Crippen molar-refractivity contribution in [1.29, 1.82) is 0 Å². The molecule has 0 saturated carbocycles. The Morgan fingerprint density at radius 3 is 2.33 bits per heavy atom. The molecule has 11 heteroatoms. The monoisotopic (exact) mass is 427 g/mol. The van der Waals surface area contributed by atoms with Gasteiger partial charge < -0.3 is 20.9 Å². The number of nitrogens with one attached hydrogen (secondary N) is 2. The summed E-state index contributed by atoms with van der Waals surface area (Å²) in [5.74, 6) is -2.82. The van der Waals surface area contributed by atoms with Crippen molar-refractivity contribution in [2.45, 2.75) is 31.0 Å². The standard InChI is InChI=1S/C19H20F3N3O5/c20-19(21,22)30-13-8-4-7-12(10-13)15(17(27)25-29)24-18(28)16(26)14(23)9-11-5-2-1-3-6-11/h1-8,10,14-16,26,29H,9,23H2,(H,24,28)(H,25,27)/t14?,15-,16?/m0/s1. The Kier molecular flexibility index (Phi) is 7.75. The number of hydroxylamine groups is 1. The first kappa shape index (κ1) is 23.1. The number of nitrogens with two attached hydrogens (primary N) is 1. The van der Waals surface area contributed by atoms with E-state index in [4.69, 9.17) is 10.9 Å². The van der Waals surface area contributed by atoms with Crippen molar-refractivity contribution in [3.05, 3.63) is 65.7 Å². The van der Waals surface area contributed by atoms with E-state index in [1.165, 1.54) is 11.5 Å². The Labute approximate surface area is 169 Å². The van der Waals surface area contributed by atoms with Crippen LogP contribution in [-0.4, -0.2) is 40.6 Å². The fourth-order valence-electron chi connectivity index (χ4n) is 2.68. The Hall–Kier alpha value is -3.15. The molecule has 0 aliphatic rings. The average molecular weight is 427 g/mol. The molecule has 0 aliphatic heterocycles. The van der Waals surface area contributed by atoms with E-state index in [-0.39, 0.29) is 12.0 Å². The molecule has 2 amide bonds. The first-order chi connectivity index (χ1) is 14.1. The summed E-state index contributed by atoms with van der Waals surface area (Å²) in [6.07, 6.45) is -6.54. The molecular formula is C19H20F3N3O5. The molecule has 2 aromatic rings. The van der Waals surface area contributed by atoms with Crippen molar-refractivity contribution in [1.82, 2.24) is 10.8 Å². The van der Waals surface area contributed by atoms with E-state index in [0.717, 1.165) is 23.8 Å². The zero-order valence-electron chi connectivity index (χ0n) is 15.5. The maximum absolute atomic E-state index is 12.4. The predicted octanol–water partition coefficient (Wildman–Crippen LogP) is 1.18. The van der Waals surface area contributed by atoms with Crippen LogP contribution < -0.4 is 21.3 Å². The van der Waals surface area contributed by atoms with Gasteiger partial charge in [-0.25, -0.2) is 5.48 Å². The first-order valence-electron chi connectivity index (χ1n) is 8.68. The van der Waals surface area contributed by atoms with Gasteiger partial charge in [-0.1, -0.05) is 42.5 Å². The Morgan fingerprint density at radius 2 is 1.73 bits per heavy atom. The van der Waals surface area contributed by atoms with Crippen LogP contribution in [0.25, 0.3) is 0 Å². The van der Waals surface area contributed by atoms with Crippen LogP contribution >= 0.6 is 0 Å². The van der Waals surface area contributed by atoms with E-state index in [2.05, 4.69) is 10.1 Å². The third-order valence-electron chi connectivity index (χ3n) is 4.07. The highest BCUT2D eigenvalue weighted by atomic mass is 19.4. The topological polar surface area (TPSA) is 134 Å². The minimum atomic E-state index is -4.96. The highest BCUT2D eigenvalue weighted by Crippen LogP contribution is 2.26. The van der Waals surface area contributed by atoms with Gasteiger partial charge in [-0.05, 0) is 29.7 Å². The summed E-state index contributed by atoms with van der Waals surface area (Å²) in [7, 11) is 0. The van der Waals surface area contributed by atoms with Crippen LogP contribution in [0.3, 0.4) is 0 Å². The summed E-state index contributed by atoms with van der Waals surface area (Å²) in [6.45, 7) is 0. The second-order valence-corrected chi connectivity index (χ2v) is 6.34.